The standard InChI is InChI=1S/C14H11N3O2/c18-14-8-19-13-4-2-10(7-12(13)17-14)1-3-11-5-6-15-9-16-11/h1-7,9H,8H2,(H,17,18). The van der Waals surface area contributed by atoms with Crippen molar-refractivity contribution in [2.24, 2.45) is 0 Å². The highest BCUT2D eigenvalue weighted by atomic mass is 16.5. The number of amides is 1. The minimum absolute atomic E-state index is 0.0725. The number of fused-ring (bicyclic) bond motifs is 1. The summed E-state index contributed by atoms with van der Waals surface area (Å²) < 4.78 is 5.30. The molecule has 1 N–H and O–H groups in total. The molecule has 0 spiro atoms. The van der Waals surface area contributed by atoms with Gasteiger partial charge in [0.05, 0.1) is 11.4 Å². The van der Waals surface area contributed by atoms with E-state index < -0.39 is 0 Å². The largest absolute Gasteiger partial charge is 0.482 e. The van der Waals surface area contributed by atoms with E-state index in [9.17, 15) is 4.79 Å². The first-order valence-electron chi connectivity index (χ1n) is 5.82. The monoisotopic (exact) mass is 253 g/mol. The Morgan fingerprint density at radius 3 is 3.05 bits per heavy atom. The third kappa shape index (κ3) is 2.60. The van der Waals surface area contributed by atoms with E-state index in [2.05, 4.69) is 15.3 Å². The molecule has 0 aliphatic carbocycles. The average molecular weight is 253 g/mol. The number of nitrogens with zero attached hydrogens (tertiary/aromatic N) is 2. The molecular formula is C14H11N3O2. The van der Waals surface area contributed by atoms with Gasteiger partial charge in [-0.05, 0) is 29.8 Å². The van der Waals surface area contributed by atoms with E-state index in [4.69, 9.17) is 4.74 Å². The summed E-state index contributed by atoms with van der Waals surface area (Å²) in [5.74, 6) is 0.559. The molecule has 1 aliphatic heterocycles. The molecule has 19 heavy (non-hydrogen) atoms. The molecule has 1 aliphatic rings. The number of anilines is 1. The molecule has 0 atom stereocenters. The highest BCUT2D eigenvalue weighted by molar-refractivity contribution is 5.95. The zero-order valence-corrected chi connectivity index (χ0v) is 10.0. The van der Waals surface area contributed by atoms with E-state index in [1.54, 1.807) is 6.20 Å². The van der Waals surface area contributed by atoms with Crippen molar-refractivity contribution in [1.29, 1.82) is 0 Å². The van der Waals surface area contributed by atoms with Crippen LogP contribution in [0.15, 0.2) is 36.8 Å². The highest BCUT2D eigenvalue weighted by Gasteiger charge is 2.15. The van der Waals surface area contributed by atoms with Crippen LogP contribution in [0.25, 0.3) is 12.2 Å². The van der Waals surface area contributed by atoms with Gasteiger partial charge in [0.15, 0.2) is 6.61 Å². The average Bonchev–Trinajstić information content (AvgIpc) is 2.46. The SMILES string of the molecule is O=C1COc2ccc(C=Cc3ccncn3)cc2N1. The van der Waals surface area contributed by atoms with E-state index in [1.807, 2.05) is 36.4 Å². The Kier molecular flexibility index (Phi) is 2.94. The van der Waals surface area contributed by atoms with Crippen LogP contribution in [0.5, 0.6) is 5.75 Å². The molecule has 3 rings (SSSR count). The van der Waals surface area contributed by atoms with Crippen LogP contribution in [-0.2, 0) is 4.79 Å². The van der Waals surface area contributed by atoms with Crippen molar-refractivity contribution in [2.75, 3.05) is 11.9 Å². The lowest BCUT2D eigenvalue weighted by atomic mass is 10.1. The Morgan fingerprint density at radius 1 is 1.26 bits per heavy atom. The quantitative estimate of drug-likeness (QED) is 0.888. The first kappa shape index (κ1) is 11.4. The van der Waals surface area contributed by atoms with Gasteiger partial charge < -0.3 is 10.1 Å². The molecule has 0 saturated carbocycles. The van der Waals surface area contributed by atoms with E-state index in [1.165, 1.54) is 6.33 Å². The molecule has 0 saturated heterocycles. The predicted molar refractivity (Wildman–Crippen MR) is 71.5 cm³/mol. The lowest BCUT2D eigenvalue weighted by Crippen LogP contribution is -2.25. The van der Waals surface area contributed by atoms with E-state index in [0.29, 0.717) is 11.4 Å². The van der Waals surface area contributed by atoms with Gasteiger partial charge in [-0.1, -0.05) is 12.1 Å². The van der Waals surface area contributed by atoms with Crippen molar-refractivity contribution in [2.45, 2.75) is 0 Å². The topological polar surface area (TPSA) is 64.1 Å². The molecule has 5 nitrogen and oxygen atoms in total. The van der Waals surface area contributed by atoms with Crippen LogP contribution in [0.2, 0.25) is 0 Å². The van der Waals surface area contributed by atoms with Gasteiger partial charge in [-0.3, -0.25) is 4.79 Å². The number of aromatic nitrogens is 2. The van der Waals surface area contributed by atoms with Crippen LogP contribution < -0.4 is 10.1 Å². The summed E-state index contributed by atoms with van der Waals surface area (Å²) in [7, 11) is 0. The summed E-state index contributed by atoms with van der Waals surface area (Å²) in [6.07, 6.45) is 6.99. The van der Waals surface area contributed by atoms with Crippen molar-refractivity contribution in [3.8, 4) is 5.75 Å². The molecule has 1 aromatic heterocycles. The maximum Gasteiger partial charge on any atom is 0.262 e. The van der Waals surface area contributed by atoms with E-state index in [0.717, 1.165) is 11.3 Å². The van der Waals surface area contributed by atoms with Crippen LogP contribution in [0.1, 0.15) is 11.3 Å². The molecule has 0 fully saturated rings. The van der Waals surface area contributed by atoms with Gasteiger partial charge in [0, 0.05) is 6.20 Å². The maximum atomic E-state index is 11.2. The number of hydrogen-bond donors (Lipinski definition) is 1. The molecule has 0 unspecified atom stereocenters. The molecule has 0 radical (unpaired) electrons. The minimum atomic E-state index is -0.135. The first-order chi connectivity index (χ1) is 9.31. The van der Waals surface area contributed by atoms with E-state index in [-0.39, 0.29) is 12.5 Å². The predicted octanol–water partition coefficient (Wildman–Crippen LogP) is 1.98. The Balaban J connectivity index is 1.84. The number of carbonyl (C=O) groups is 1. The summed E-state index contributed by atoms with van der Waals surface area (Å²) in [6, 6.07) is 7.45. The minimum Gasteiger partial charge on any atom is -0.482 e. The van der Waals surface area contributed by atoms with Crippen molar-refractivity contribution < 1.29 is 9.53 Å². The van der Waals surface area contributed by atoms with Crippen molar-refractivity contribution in [1.82, 2.24) is 9.97 Å². The Hall–Kier alpha value is -2.69. The Bertz CT molecular complexity index is 638. The second-order valence-electron chi connectivity index (χ2n) is 4.06. The molecule has 2 aromatic rings. The molecule has 2 heterocycles. The summed E-state index contributed by atoms with van der Waals surface area (Å²) in [6.45, 7) is 0.0725. The maximum absolute atomic E-state index is 11.2. The van der Waals surface area contributed by atoms with Gasteiger partial charge in [-0.25, -0.2) is 9.97 Å². The number of rotatable bonds is 2. The summed E-state index contributed by atoms with van der Waals surface area (Å²) in [5.41, 5.74) is 2.48. The summed E-state index contributed by atoms with van der Waals surface area (Å²) in [4.78, 5) is 19.2. The van der Waals surface area contributed by atoms with Crippen LogP contribution in [0.4, 0.5) is 5.69 Å². The van der Waals surface area contributed by atoms with E-state index >= 15 is 0 Å². The third-order valence-electron chi connectivity index (χ3n) is 2.69. The smallest absolute Gasteiger partial charge is 0.262 e. The Morgan fingerprint density at radius 2 is 2.21 bits per heavy atom. The molecule has 94 valence electrons. The normalized spacial score (nSPS) is 13.8. The number of ether oxygens (including phenoxy) is 1. The fourth-order valence-electron chi connectivity index (χ4n) is 1.79. The fraction of sp³-hybridized carbons (Fsp3) is 0.0714. The highest BCUT2D eigenvalue weighted by Crippen LogP contribution is 2.28. The molecule has 0 bridgehead atoms. The number of hydrogen-bond acceptors (Lipinski definition) is 4. The van der Waals surface area contributed by atoms with Gasteiger partial charge in [0.1, 0.15) is 12.1 Å². The van der Waals surface area contributed by atoms with Crippen molar-refractivity contribution in [3.63, 3.8) is 0 Å². The summed E-state index contributed by atoms with van der Waals surface area (Å²) >= 11 is 0. The molecule has 5 heteroatoms. The van der Waals surface area contributed by atoms with Crippen molar-refractivity contribution >= 4 is 23.7 Å². The second-order valence-corrected chi connectivity index (χ2v) is 4.06. The first-order valence-corrected chi connectivity index (χ1v) is 5.82. The number of carbonyl (C=O) groups excluding carboxylic acids is 1. The van der Waals surface area contributed by atoms with Gasteiger partial charge in [0.2, 0.25) is 0 Å². The number of benzene rings is 1. The molecule has 1 aromatic carbocycles. The summed E-state index contributed by atoms with van der Waals surface area (Å²) in [5, 5.41) is 2.78. The molecule has 1 amide bonds. The molecular weight excluding hydrogens is 242 g/mol. The van der Waals surface area contributed by atoms with Gasteiger partial charge >= 0.3 is 0 Å². The Labute approximate surface area is 110 Å². The zero-order valence-electron chi connectivity index (χ0n) is 10.0. The lowest BCUT2D eigenvalue weighted by molar-refractivity contribution is -0.118. The van der Waals surface area contributed by atoms with Gasteiger partial charge in [-0.2, -0.15) is 0 Å². The fourth-order valence-corrected chi connectivity index (χ4v) is 1.79. The zero-order chi connectivity index (χ0) is 13.1. The van der Waals surface area contributed by atoms with Gasteiger partial charge in [-0.15, -0.1) is 0 Å². The van der Waals surface area contributed by atoms with Gasteiger partial charge in [0.25, 0.3) is 5.91 Å². The third-order valence-corrected chi connectivity index (χ3v) is 2.69. The van der Waals surface area contributed by atoms with Crippen LogP contribution in [0.3, 0.4) is 0 Å². The van der Waals surface area contributed by atoms with Crippen LogP contribution >= 0.6 is 0 Å². The second kappa shape index (κ2) is 4.89. The lowest BCUT2D eigenvalue weighted by Gasteiger charge is -2.17. The number of nitrogens with one attached hydrogen (secondary N) is 1. The van der Waals surface area contributed by atoms with Crippen molar-refractivity contribution in [3.05, 3.63) is 48.0 Å². The van der Waals surface area contributed by atoms with Crippen LogP contribution in [-0.4, -0.2) is 22.5 Å². The van der Waals surface area contributed by atoms with Crippen LogP contribution in [0, 0.1) is 0 Å².